The normalized spacial score (nSPS) is 17.2. The van der Waals surface area contributed by atoms with E-state index in [0.29, 0.717) is 0 Å². The van der Waals surface area contributed by atoms with Crippen LogP contribution in [0.4, 0.5) is 5.69 Å². The van der Waals surface area contributed by atoms with Crippen LogP contribution in [0, 0.1) is 5.92 Å². The van der Waals surface area contributed by atoms with Crippen LogP contribution < -0.4 is 5.32 Å². The first-order chi connectivity index (χ1) is 8.84. The van der Waals surface area contributed by atoms with E-state index in [1.54, 1.807) is 0 Å². The Morgan fingerprint density at radius 2 is 2.06 bits per heavy atom. The summed E-state index contributed by atoms with van der Waals surface area (Å²) in [5.41, 5.74) is 2.78. The van der Waals surface area contributed by atoms with Gasteiger partial charge in [0, 0.05) is 6.54 Å². The third kappa shape index (κ3) is 2.45. The zero-order chi connectivity index (χ0) is 12.4. The average Bonchev–Trinajstić information content (AvgIpc) is 2.87. The summed E-state index contributed by atoms with van der Waals surface area (Å²) >= 11 is 7.49. The summed E-state index contributed by atoms with van der Waals surface area (Å²) in [5.74, 6) is 0.775. The van der Waals surface area contributed by atoms with Crippen molar-refractivity contribution in [3.8, 4) is 0 Å². The van der Waals surface area contributed by atoms with E-state index >= 15 is 0 Å². The van der Waals surface area contributed by atoms with Gasteiger partial charge in [0.15, 0.2) is 0 Å². The molecular weight excluding hydrogens is 266 g/mol. The Labute approximate surface area is 116 Å². The lowest BCUT2D eigenvalue weighted by Crippen LogP contribution is -2.17. The van der Waals surface area contributed by atoms with Gasteiger partial charge >= 0.3 is 0 Å². The molecular formula is C13H16ClN3S. The minimum atomic E-state index is 0.742. The van der Waals surface area contributed by atoms with Crippen molar-refractivity contribution in [3.05, 3.63) is 17.2 Å². The van der Waals surface area contributed by atoms with E-state index in [4.69, 9.17) is 11.6 Å². The molecule has 0 unspecified atom stereocenters. The number of halogens is 1. The van der Waals surface area contributed by atoms with Crippen LogP contribution in [-0.4, -0.2) is 15.3 Å². The van der Waals surface area contributed by atoms with E-state index in [2.05, 4.69) is 14.1 Å². The minimum Gasteiger partial charge on any atom is -0.382 e. The third-order valence-electron chi connectivity index (χ3n) is 3.67. The summed E-state index contributed by atoms with van der Waals surface area (Å²) in [6, 6.07) is 3.82. The second kappa shape index (κ2) is 5.41. The Kier molecular flexibility index (Phi) is 3.66. The molecule has 2 aromatic rings. The van der Waals surface area contributed by atoms with Gasteiger partial charge in [-0.25, -0.2) is 0 Å². The molecule has 1 aromatic carbocycles. The highest BCUT2D eigenvalue weighted by atomic mass is 35.5. The van der Waals surface area contributed by atoms with Crippen molar-refractivity contribution >= 4 is 40.0 Å². The van der Waals surface area contributed by atoms with Crippen molar-refractivity contribution in [1.29, 1.82) is 0 Å². The number of rotatable bonds is 3. The van der Waals surface area contributed by atoms with E-state index in [1.165, 1.54) is 43.8 Å². The highest BCUT2D eigenvalue weighted by Gasteiger charge is 2.15. The topological polar surface area (TPSA) is 37.8 Å². The predicted molar refractivity (Wildman–Crippen MR) is 77.5 cm³/mol. The van der Waals surface area contributed by atoms with Gasteiger partial charge in [0.25, 0.3) is 0 Å². The number of nitrogens with one attached hydrogen (secondary N) is 1. The molecule has 1 aliphatic carbocycles. The highest BCUT2D eigenvalue weighted by Crippen LogP contribution is 2.31. The largest absolute Gasteiger partial charge is 0.382 e. The molecule has 0 radical (unpaired) electrons. The molecule has 5 heteroatoms. The molecule has 1 fully saturated rings. The number of anilines is 1. The quantitative estimate of drug-likeness (QED) is 0.909. The van der Waals surface area contributed by atoms with Gasteiger partial charge in [-0.05, 0) is 30.9 Å². The SMILES string of the molecule is Clc1ccc2nsnc2c1NCC1CCCCC1. The third-order valence-corrected chi connectivity index (χ3v) is 4.53. The average molecular weight is 282 g/mol. The monoisotopic (exact) mass is 281 g/mol. The van der Waals surface area contributed by atoms with Crippen LogP contribution in [0.1, 0.15) is 32.1 Å². The smallest absolute Gasteiger partial charge is 0.129 e. The lowest BCUT2D eigenvalue weighted by atomic mass is 9.89. The van der Waals surface area contributed by atoms with Crippen LogP contribution in [0.15, 0.2) is 12.1 Å². The van der Waals surface area contributed by atoms with Crippen LogP contribution in [0.2, 0.25) is 5.02 Å². The van der Waals surface area contributed by atoms with Crippen LogP contribution in [0.3, 0.4) is 0 Å². The molecule has 1 aromatic heterocycles. The fourth-order valence-corrected chi connectivity index (χ4v) is 3.39. The van der Waals surface area contributed by atoms with Gasteiger partial charge in [-0.2, -0.15) is 8.75 Å². The fraction of sp³-hybridized carbons (Fsp3) is 0.538. The first kappa shape index (κ1) is 12.2. The fourth-order valence-electron chi connectivity index (χ4n) is 2.63. The molecule has 0 atom stereocenters. The van der Waals surface area contributed by atoms with Gasteiger partial charge < -0.3 is 5.32 Å². The maximum atomic E-state index is 6.25. The van der Waals surface area contributed by atoms with Gasteiger partial charge in [0.2, 0.25) is 0 Å². The van der Waals surface area contributed by atoms with Gasteiger partial charge in [0.1, 0.15) is 11.0 Å². The molecule has 1 N–H and O–H groups in total. The molecule has 0 saturated heterocycles. The second-order valence-electron chi connectivity index (χ2n) is 4.94. The number of hydrogen-bond donors (Lipinski definition) is 1. The first-order valence-corrected chi connectivity index (χ1v) is 7.60. The number of nitrogens with zero attached hydrogens (tertiary/aromatic N) is 2. The van der Waals surface area contributed by atoms with Gasteiger partial charge in [0.05, 0.1) is 22.4 Å². The Hall–Kier alpha value is -0.870. The van der Waals surface area contributed by atoms with E-state index in [0.717, 1.165) is 34.2 Å². The zero-order valence-electron chi connectivity index (χ0n) is 10.2. The molecule has 0 amide bonds. The number of fused-ring (bicyclic) bond motifs is 1. The predicted octanol–water partition coefficient (Wildman–Crippen LogP) is 4.34. The van der Waals surface area contributed by atoms with Crippen molar-refractivity contribution < 1.29 is 0 Å². The Balaban J connectivity index is 1.76. The highest BCUT2D eigenvalue weighted by molar-refractivity contribution is 7.00. The van der Waals surface area contributed by atoms with Crippen molar-refractivity contribution in [3.63, 3.8) is 0 Å². The first-order valence-electron chi connectivity index (χ1n) is 6.49. The van der Waals surface area contributed by atoms with Crippen LogP contribution >= 0.6 is 23.3 Å². The Morgan fingerprint density at radius 1 is 1.22 bits per heavy atom. The van der Waals surface area contributed by atoms with Gasteiger partial charge in [-0.3, -0.25) is 0 Å². The number of benzene rings is 1. The molecule has 0 bridgehead atoms. The molecule has 3 rings (SSSR count). The summed E-state index contributed by atoms with van der Waals surface area (Å²) in [6.07, 6.45) is 6.78. The molecule has 0 aliphatic heterocycles. The lowest BCUT2D eigenvalue weighted by molar-refractivity contribution is 0.373. The van der Waals surface area contributed by atoms with E-state index < -0.39 is 0 Å². The summed E-state index contributed by atoms with van der Waals surface area (Å²) in [4.78, 5) is 0. The maximum absolute atomic E-state index is 6.25. The van der Waals surface area contributed by atoms with E-state index in [-0.39, 0.29) is 0 Å². The van der Waals surface area contributed by atoms with Crippen LogP contribution in [0.5, 0.6) is 0 Å². The molecule has 1 heterocycles. The van der Waals surface area contributed by atoms with E-state index in [1.807, 2.05) is 12.1 Å². The van der Waals surface area contributed by atoms with Crippen LogP contribution in [-0.2, 0) is 0 Å². The summed E-state index contributed by atoms with van der Waals surface area (Å²) in [7, 11) is 0. The lowest BCUT2D eigenvalue weighted by Gasteiger charge is -2.22. The molecule has 18 heavy (non-hydrogen) atoms. The van der Waals surface area contributed by atoms with E-state index in [9.17, 15) is 0 Å². The van der Waals surface area contributed by atoms with Crippen molar-refractivity contribution in [1.82, 2.24) is 8.75 Å². The summed E-state index contributed by atoms with van der Waals surface area (Å²) in [5, 5.41) is 4.23. The Bertz CT molecular complexity index is 534. The van der Waals surface area contributed by atoms with Crippen molar-refractivity contribution in [2.24, 2.45) is 5.92 Å². The van der Waals surface area contributed by atoms with Crippen molar-refractivity contribution in [2.75, 3.05) is 11.9 Å². The van der Waals surface area contributed by atoms with Gasteiger partial charge in [-0.15, -0.1) is 0 Å². The number of aromatic nitrogens is 2. The molecule has 0 spiro atoms. The summed E-state index contributed by atoms with van der Waals surface area (Å²) < 4.78 is 8.57. The van der Waals surface area contributed by atoms with Gasteiger partial charge in [-0.1, -0.05) is 30.9 Å². The molecule has 3 nitrogen and oxygen atoms in total. The Morgan fingerprint density at radius 3 is 2.89 bits per heavy atom. The second-order valence-corrected chi connectivity index (χ2v) is 5.87. The van der Waals surface area contributed by atoms with Crippen molar-refractivity contribution in [2.45, 2.75) is 32.1 Å². The van der Waals surface area contributed by atoms with Crippen LogP contribution in [0.25, 0.3) is 11.0 Å². The summed E-state index contributed by atoms with van der Waals surface area (Å²) in [6.45, 7) is 0.996. The minimum absolute atomic E-state index is 0.742. The molecule has 1 aliphatic rings. The zero-order valence-corrected chi connectivity index (χ0v) is 11.7. The molecule has 96 valence electrons. The maximum Gasteiger partial charge on any atom is 0.129 e. The molecule has 1 saturated carbocycles. The standard InChI is InChI=1S/C13H16ClN3S/c14-10-6-7-11-13(17-18-16-11)12(10)15-8-9-4-2-1-3-5-9/h6-7,9,15H,1-5,8H2. The number of hydrogen-bond acceptors (Lipinski definition) is 4.